The molecule has 3 atom stereocenters. The monoisotopic (exact) mass is 372 g/mol. The van der Waals surface area contributed by atoms with Crippen LogP contribution in [0.2, 0.25) is 0 Å². The number of morpholine rings is 1. The highest BCUT2D eigenvalue weighted by atomic mass is 16.5. The van der Waals surface area contributed by atoms with Crippen LogP contribution in [-0.4, -0.2) is 62.0 Å². The molecular formula is C19H24N4O4. The summed E-state index contributed by atoms with van der Waals surface area (Å²) in [5.41, 5.74) is 6.91. The number of ether oxygens (including phenoxy) is 1. The molecule has 2 heterocycles. The van der Waals surface area contributed by atoms with E-state index in [-0.39, 0.29) is 12.5 Å². The van der Waals surface area contributed by atoms with E-state index in [4.69, 9.17) is 10.5 Å². The van der Waals surface area contributed by atoms with Gasteiger partial charge in [0, 0.05) is 31.0 Å². The summed E-state index contributed by atoms with van der Waals surface area (Å²) < 4.78 is 5.14. The lowest BCUT2D eigenvalue weighted by Crippen LogP contribution is -2.41. The van der Waals surface area contributed by atoms with Crippen molar-refractivity contribution in [3.8, 4) is 0 Å². The number of fused-ring (bicyclic) bond motifs is 1. The first-order chi connectivity index (χ1) is 13.1. The van der Waals surface area contributed by atoms with Gasteiger partial charge in [0.25, 0.3) is 5.91 Å². The van der Waals surface area contributed by atoms with Crippen LogP contribution in [0.25, 0.3) is 0 Å². The van der Waals surface area contributed by atoms with Crippen molar-refractivity contribution in [3.05, 3.63) is 24.3 Å². The Hall–Kier alpha value is -2.45. The first kappa shape index (κ1) is 17.9. The molecule has 0 unspecified atom stereocenters. The van der Waals surface area contributed by atoms with Gasteiger partial charge in [0.1, 0.15) is 6.61 Å². The van der Waals surface area contributed by atoms with Crippen LogP contribution in [-0.2, 0) is 19.1 Å². The average molecular weight is 372 g/mol. The lowest BCUT2D eigenvalue weighted by atomic mass is 9.67. The van der Waals surface area contributed by atoms with Gasteiger partial charge in [-0.05, 0) is 48.9 Å². The van der Waals surface area contributed by atoms with Crippen LogP contribution in [0.3, 0.4) is 0 Å². The van der Waals surface area contributed by atoms with E-state index in [9.17, 15) is 14.4 Å². The number of nitrogens with one attached hydrogen (secondary N) is 1. The second kappa shape index (κ2) is 7.28. The molecule has 1 aliphatic carbocycles. The van der Waals surface area contributed by atoms with Crippen LogP contribution in [0.5, 0.6) is 0 Å². The Bertz CT molecular complexity index is 768. The van der Waals surface area contributed by atoms with Gasteiger partial charge in [0.05, 0.1) is 6.61 Å². The van der Waals surface area contributed by atoms with Gasteiger partial charge in [0.15, 0.2) is 0 Å². The van der Waals surface area contributed by atoms with E-state index in [1.54, 1.807) is 34.1 Å². The lowest BCUT2D eigenvalue weighted by molar-refractivity contribution is -0.142. The maximum atomic E-state index is 12.5. The number of amides is 3. The minimum absolute atomic E-state index is 0.0517. The third-order valence-corrected chi connectivity index (χ3v) is 5.89. The summed E-state index contributed by atoms with van der Waals surface area (Å²) in [6, 6.07) is 6.95. The van der Waals surface area contributed by atoms with Crippen LogP contribution in [0.1, 0.15) is 6.42 Å². The minimum Gasteiger partial charge on any atom is -0.370 e. The molecule has 27 heavy (non-hydrogen) atoms. The first-order valence-electron chi connectivity index (χ1n) is 9.35. The quantitative estimate of drug-likeness (QED) is 0.729. The Morgan fingerprint density at radius 3 is 2.93 bits per heavy atom. The van der Waals surface area contributed by atoms with E-state index in [2.05, 4.69) is 5.32 Å². The van der Waals surface area contributed by atoms with Gasteiger partial charge < -0.3 is 25.6 Å². The Labute approximate surface area is 157 Å². The maximum absolute atomic E-state index is 12.5. The van der Waals surface area contributed by atoms with E-state index < -0.39 is 11.8 Å². The number of carbonyl (C=O) groups excluding carboxylic acids is 3. The molecule has 8 heteroatoms. The number of nitrogens with zero attached hydrogens (tertiary/aromatic N) is 2. The number of nitrogens with two attached hydrogens (primary N) is 1. The average Bonchev–Trinajstić information content (AvgIpc) is 2.99. The second-order valence-electron chi connectivity index (χ2n) is 7.47. The van der Waals surface area contributed by atoms with Crippen molar-refractivity contribution in [2.75, 3.05) is 49.6 Å². The van der Waals surface area contributed by atoms with Crippen molar-refractivity contribution in [2.45, 2.75) is 6.42 Å². The number of rotatable bonds is 3. The predicted octanol–water partition coefficient (Wildman–Crippen LogP) is 0.0415. The van der Waals surface area contributed by atoms with Crippen LogP contribution in [0.15, 0.2) is 24.3 Å². The van der Waals surface area contributed by atoms with Crippen molar-refractivity contribution >= 4 is 29.1 Å². The first-order valence-corrected chi connectivity index (χ1v) is 9.35. The van der Waals surface area contributed by atoms with E-state index in [1.807, 2.05) is 0 Å². The summed E-state index contributed by atoms with van der Waals surface area (Å²) in [7, 11) is 0. The summed E-state index contributed by atoms with van der Waals surface area (Å²) in [6.45, 7) is 2.88. The number of benzene rings is 1. The standard InChI is InChI=1S/C19H24N4O4/c20-8-12-6-13-9-22(10-16(12)13)19(26)18(25)21-14-2-1-3-15(7-14)23-4-5-27-11-17(23)24/h1-3,7,12-13,16H,4-6,8-11,20H2,(H,21,25)/t12-,13-,16-/m0/s1. The lowest BCUT2D eigenvalue weighted by Gasteiger charge is -2.38. The molecule has 8 nitrogen and oxygen atoms in total. The Balaban J connectivity index is 1.39. The molecule has 144 valence electrons. The summed E-state index contributed by atoms with van der Waals surface area (Å²) in [5.74, 6) is 0.105. The predicted molar refractivity (Wildman–Crippen MR) is 99.0 cm³/mol. The largest absolute Gasteiger partial charge is 0.370 e. The van der Waals surface area contributed by atoms with Crippen molar-refractivity contribution in [1.82, 2.24) is 4.90 Å². The van der Waals surface area contributed by atoms with Crippen molar-refractivity contribution in [2.24, 2.45) is 23.5 Å². The van der Waals surface area contributed by atoms with Crippen molar-refractivity contribution < 1.29 is 19.1 Å². The van der Waals surface area contributed by atoms with E-state index in [0.29, 0.717) is 61.9 Å². The molecule has 1 saturated carbocycles. The number of hydrogen-bond donors (Lipinski definition) is 2. The SMILES string of the molecule is NC[C@@H]1C[C@H]2CN(C(=O)C(=O)Nc3cccc(N4CCOCC4=O)c3)C[C@@H]12. The normalized spacial score (nSPS) is 27.1. The molecule has 0 bridgehead atoms. The fourth-order valence-electron chi connectivity index (χ4n) is 4.36. The zero-order valence-electron chi connectivity index (χ0n) is 15.1. The van der Waals surface area contributed by atoms with Crippen LogP contribution < -0.4 is 16.0 Å². The molecule has 0 radical (unpaired) electrons. The van der Waals surface area contributed by atoms with Gasteiger partial charge in [-0.3, -0.25) is 14.4 Å². The Kier molecular flexibility index (Phi) is 4.84. The smallest absolute Gasteiger partial charge is 0.313 e. The van der Waals surface area contributed by atoms with Crippen LogP contribution >= 0.6 is 0 Å². The second-order valence-corrected chi connectivity index (χ2v) is 7.47. The molecule has 0 spiro atoms. The van der Waals surface area contributed by atoms with Crippen LogP contribution in [0, 0.1) is 17.8 Å². The van der Waals surface area contributed by atoms with E-state index in [0.717, 1.165) is 6.42 Å². The molecule has 3 amide bonds. The molecule has 2 aliphatic heterocycles. The van der Waals surface area contributed by atoms with Crippen molar-refractivity contribution in [3.63, 3.8) is 0 Å². The molecule has 3 N–H and O–H groups in total. The Morgan fingerprint density at radius 1 is 1.30 bits per heavy atom. The van der Waals surface area contributed by atoms with Gasteiger partial charge in [-0.2, -0.15) is 0 Å². The van der Waals surface area contributed by atoms with E-state index in [1.165, 1.54) is 0 Å². The summed E-state index contributed by atoms with van der Waals surface area (Å²) in [4.78, 5) is 40.1. The maximum Gasteiger partial charge on any atom is 0.313 e. The van der Waals surface area contributed by atoms with Crippen LogP contribution in [0.4, 0.5) is 11.4 Å². The number of carbonyl (C=O) groups is 3. The van der Waals surface area contributed by atoms with Gasteiger partial charge in [0.2, 0.25) is 0 Å². The fourth-order valence-corrected chi connectivity index (χ4v) is 4.36. The van der Waals surface area contributed by atoms with Crippen molar-refractivity contribution in [1.29, 1.82) is 0 Å². The van der Waals surface area contributed by atoms with Gasteiger partial charge >= 0.3 is 11.8 Å². The van der Waals surface area contributed by atoms with Gasteiger partial charge in [-0.25, -0.2) is 0 Å². The van der Waals surface area contributed by atoms with E-state index >= 15 is 0 Å². The third-order valence-electron chi connectivity index (χ3n) is 5.89. The molecule has 1 aromatic rings. The van der Waals surface area contributed by atoms with Gasteiger partial charge in [-0.1, -0.05) is 6.07 Å². The summed E-state index contributed by atoms with van der Waals surface area (Å²) >= 11 is 0. The molecule has 0 aromatic heterocycles. The van der Waals surface area contributed by atoms with Gasteiger partial charge in [-0.15, -0.1) is 0 Å². The highest BCUT2D eigenvalue weighted by Gasteiger charge is 2.48. The molecule has 2 saturated heterocycles. The topological polar surface area (TPSA) is 105 Å². The molecule has 1 aromatic carbocycles. The minimum atomic E-state index is -0.647. The Morgan fingerprint density at radius 2 is 2.15 bits per heavy atom. The number of likely N-dealkylation sites (tertiary alicyclic amines) is 1. The molecule has 3 aliphatic rings. The third kappa shape index (κ3) is 3.42. The molecular weight excluding hydrogens is 348 g/mol. The molecule has 3 fully saturated rings. The molecule has 4 rings (SSSR count). The summed E-state index contributed by atoms with van der Waals surface area (Å²) in [6.07, 6.45) is 1.04. The zero-order chi connectivity index (χ0) is 19.0. The number of hydrogen-bond acceptors (Lipinski definition) is 5. The fraction of sp³-hybridized carbons (Fsp3) is 0.526. The summed E-state index contributed by atoms with van der Waals surface area (Å²) in [5, 5.41) is 2.66. The highest BCUT2D eigenvalue weighted by Crippen LogP contribution is 2.45. The zero-order valence-corrected chi connectivity index (χ0v) is 15.1. The number of anilines is 2. The highest BCUT2D eigenvalue weighted by molar-refractivity contribution is 6.39.